The van der Waals surface area contributed by atoms with Gasteiger partial charge >= 0.3 is 0 Å². The van der Waals surface area contributed by atoms with Crippen molar-refractivity contribution in [2.45, 2.75) is 43.9 Å². The average molecular weight is 297 g/mol. The Morgan fingerprint density at radius 1 is 1.30 bits per heavy atom. The number of carbonyl (C=O) groups is 1. The lowest BCUT2D eigenvalue weighted by molar-refractivity contribution is -0.125. The predicted octanol–water partition coefficient (Wildman–Crippen LogP) is 1.32. The van der Waals surface area contributed by atoms with E-state index < -0.39 is 6.10 Å². The van der Waals surface area contributed by atoms with E-state index in [0.29, 0.717) is 6.42 Å². The van der Waals surface area contributed by atoms with Gasteiger partial charge in [0, 0.05) is 6.42 Å². The molecule has 3 N–H and O–H groups in total. The molecule has 0 bridgehead atoms. The number of hydrogen-bond acceptors (Lipinski definition) is 3. The van der Waals surface area contributed by atoms with Crippen LogP contribution in [0.5, 0.6) is 0 Å². The van der Waals surface area contributed by atoms with Crippen LogP contribution in [0, 0.1) is 0 Å². The Labute approximate surface area is 125 Å². The topological polar surface area (TPSA) is 61.4 Å². The Morgan fingerprint density at radius 3 is 2.85 bits per heavy atom. The van der Waals surface area contributed by atoms with Crippen LogP contribution in [0.2, 0.25) is 0 Å². The highest BCUT2D eigenvalue weighted by Crippen LogP contribution is 2.31. The highest BCUT2D eigenvalue weighted by molar-refractivity contribution is 5.85. The summed E-state index contributed by atoms with van der Waals surface area (Å²) in [4.78, 5) is 12.2. The summed E-state index contributed by atoms with van der Waals surface area (Å²) in [6.07, 6.45) is 3.23. The van der Waals surface area contributed by atoms with Gasteiger partial charge in [0.1, 0.15) is 0 Å². The molecule has 5 heteroatoms. The molecule has 110 valence electrons. The number of piperidine rings is 1. The van der Waals surface area contributed by atoms with Crippen LogP contribution in [0.15, 0.2) is 24.3 Å². The molecule has 1 heterocycles. The lowest BCUT2D eigenvalue weighted by Crippen LogP contribution is -2.48. The van der Waals surface area contributed by atoms with Crippen molar-refractivity contribution in [3.8, 4) is 0 Å². The summed E-state index contributed by atoms with van der Waals surface area (Å²) < 4.78 is 0. The van der Waals surface area contributed by atoms with Crippen LogP contribution >= 0.6 is 12.4 Å². The molecule has 3 rings (SSSR count). The minimum absolute atomic E-state index is 0. The fourth-order valence-electron chi connectivity index (χ4n) is 3.08. The zero-order valence-electron chi connectivity index (χ0n) is 11.3. The number of aliphatic hydroxyl groups is 1. The summed E-state index contributed by atoms with van der Waals surface area (Å²) in [5.41, 5.74) is 2.19. The molecule has 1 unspecified atom stereocenters. The summed E-state index contributed by atoms with van der Waals surface area (Å²) in [5.74, 6) is 0.0143. The van der Waals surface area contributed by atoms with Crippen LogP contribution in [-0.2, 0) is 11.2 Å². The maximum atomic E-state index is 12.2. The summed E-state index contributed by atoms with van der Waals surface area (Å²) in [7, 11) is 0. The van der Waals surface area contributed by atoms with E-state index in [1.54, 1.807) is 0 Å². The highest BCUT2D eigenvalue weighted by Gasteiger charge is 2.33. The SMILES string of the molecule is Cl.O=C(N[C@H]1c2ccccc2C[C@H]1O)C1CCCCN1. The van der Waals surface area contributed by atoms with Gasteiger partial charge in [0.05, 0.1) is 18.2 Å². The van der Waals surface area contributed by atoms with Crippen LogP contribution in [-0.4, -0.2) is 29.7 Å². The van der Waals surface area contributed by atoms with Gasteiger partial charge in [-0.1, -0.05) is 30.7 Å². The number of rotatable bonds is 2. The van der Waals surface area contributed by atoms with Gasteiger partial charge < -0.3 is 15.7 Å². The van der Waals surface area contributed by atoms with Crippen LogP contribution in [0.1, 0.15) is 36.4 Å². The number of nitrogens with one attached hydrogen (secondary N) is 2. The van der Waals surface area contributed by atoms with Gasteiger partial charge in [-0.3, -0.25) is 4.79 Å². The van der Waals surface area contributed by atoms with E-state index in [9.17, 15) is 9.90 Å². The second kappa shape index (κ2) is 6.57. The van der Waals surface area contributed by atoms with Crippen molar-refractivity contribution >= 4 is 18.3 Å². The summed E-state index contributed by atoms with van der Waals surface area (Å²) in [5, 5.41) is 16.4. The van der Waals surface area contributed by atoms with Gasteiger partial charge in [-0.15, -0.1) is 12.4 Å². The minimum atomic E-state index is -0.509. The van der Waals surface area contributed by atoms with E-state index in [1.165, 1.54) is 0 Å². The Balaban J connectivity index is 0.00000147. The lowest BCUT2D eigenvalue weighted by atomic mass is 10.0. The van der Waals surface area contributed by atoms with Gasteiger partial charge in [0.15, 0.2) is 0 Å². The van der Waals surface area contributed by atoms with Gasteiger partial charge in [-0.25, -0.2) is 0 Å². The van der Waals surface area contributed by atoms with E-state index in [-0.39, 0.29) is 30.4 Å². The first-order valence-corrected chi connectivity index (χ1v) is 7.05. The third kappa shape index (κ3) is 2.97. The molecule has 1 saturated heterocycles. The molecule has 2 aliphatic rings. The Bertz CT molecular complexity index is 475. The zero-order valence-corrected chi connectivity index (χ0v) is 12.2. The second-order valence-corrected chi connectivity index (χ2v) is 5.46. The number of carbonyl (C=O) groups excluding carboxylic acids is 1. The number of benzene rings is 1. The molecule has 3 atom stereocenters. The molecule has 0 saturated carbocycles. The van der Waals surface area contributed by atoms with Crippen molar-refractivity contribution in [1.82, 2.24) is 10.6 Å². The molecule has 1 aromatic carbocycles. The number of halogens is 1. The first-order valence-electron chi connectivity index (χ1n) is 7.05. The van der Waals surface area contributed by atoms with Gasteiger partial charge in [0.25, 0.3) is 0 Å². The summed E-state index contributed by atoms with van der Waals surface area (Å²) in [6.45, 7) is 0.905. The molecule has 1 fully saturated rings. The third-order valence-electron chi connectivity index (χ3n) is 4.13. The fourth-order valence-corrected chi connectivity index (χ4v) is 3.08. The molecule has 20 heavy (non-hydrogen) atoms. The van der Waals surface area contributed by atoms with Gasteiger partial charge in [0.2, 0.25) is 5.91 Å². The van der Waals surface area contributed by atoms with E-state index in [2.05, 4.69) is 10.6 Å². The van der Waals surface area contributed by atoms with E-state index >= 15 is 0 Å². The number of aliphatic hydroxyl groups excluding tert-OH is 1. The third-order valence-corrected chi connectivity index (χ3v) is 4.13. The van der Waals surface area contributed by atoms with Crippen LogP contribution in [0.25, 0.3) is 0 Å². The van der Waals surface area contributed by atoms with Crippen LogP contribution in [0.3, 0.4) is 0 Å². The van der Waals surface area contributed by atoms with Crippen molar-refractivity contribution in [2.24, 2.45) is 0 Å². The molecule has 1 amide bonds. The molecule has 4 nitrogen and oxygen atoms in total. The normalized spacial score (nSPS) is 28.4. The molecule has 1 aromatic rings. The standard InChI is InChI=1S/C15H20N2O2.ClH/c18-13-9-10-5-1-2-6-11(10)14(13)17-15(19)12-7-3-4-8-16-12;/h1-2,5-6,12-14,16,18H,3-4,7-9H2,(H,17,19);1H/t12?,13-,14+;/m1./s1. The van der Waals surface area contributed by atoms with Crippen LogP contribution < -0.4 is 10.6 Å². The lowest BCUT2D eigenvalue weighted by Gasteiger charge is -2.26. The van der Waals surface area contributed by atoms with Crippen molar-refractivity contribution in [2.75, 3.05) is 6.54 Å². The van der Waals surface area contributed by atoms with Crippen molar-refractivity contribution in [3.63, 3.8) is 0 Å². The largest absolute Gasteiger partial charge is 0.390 e. The number of fused-ring (bicyclic) bond motifs is 1. The second-order valence-electron chi connectivity index (χ2n) is 5.46. The number of amides is 1. The van der Waals surface area contributed by atoms with Gasteiger partial charge in [-0.2, -0.15) is 0 Å². The van der Waals surface area contributed by atoms with E-state index in [0.717, 1.165) is 36.9 Å². The number of hydrogen-bond donors (Lipinski definition) is 3. The average Bonchev–Trinajstić information content (AvgIpc) is 2.76. The molecule has 0 aromatic heterocycles. The molecule has 1 aliphatic heterocycles. The molecular formula is C15H21ClN2O2. The fraction of sp³-hybridized carbons (Fsp3) is 0.533. The maximum Gasteiger partial charge on any atom is 0.237 e. The summed E-state index contributed by atoms with van der Waals surface area (Å²) in [6, 6.07) is 7.57. The van der Waals surface area contributed by atoms with E-state index in [1.807, 2.05) is 24.3 Å². The monoisotopic (exact) mass is 296 g/mol. The Morgan fingerprint density at radius 2 is 2.10 bits per heavy atom. The molecule has 0 radical (unpaired) electrons. The Hall–Kier alpha value is -1.10. The van der Waals surface area contributed by atoms with Gasteiger partial charge in [-0.05, 0) is 30.5 Å². The minimum Gasteiger partial charge on any atom is -0.390 e. The van der Waals surface area contributed by atoms with E-state index in [4.69, 9.17) is 0 Å². The van der Waals surface area contributed by atoms with Crippen molar-refractivity contribution in [3.05, 3.63) is 35.4 Å². The van der Waals surface area contributed by atoms with Crippen LogP contribution in [0.4, 0.5) is 0 Å². The Kier molecular flexibility index (Phi) is 5.02. The summed E-state index contributed by atoms with van der Waals surface area (Å²) >= 11 is 0. The quantitative estimate of drug-likeness (QED) is 0.771. The zero-order chi connectivity index (χ0) is 13.2. The maximum absolute atomic E-state index is 12.2. The molecule has 1 aliphatic carbocycles. The first-order chi connectivity index (χ1) is 9.25. The first kappa shape index (κ1) is 15.3. The van der Waals surface area contributed by atoms with Crippen molar-refractivity contribution in [1.29, 1.82) is 0 Å². The highest BCUT2D eigenvalue weighted by atomic mass is 35.5. The molecule has 0 spiro atoms. The molecular weight excluding hydrogens is 276 g/mol. The van der Waals surface area contributed by atoms with Crippen molar-refractivity contribution < 1.29 is 9.90 Å². The smallest absolute Gasteiger partial charge is 0.237 e. The predicted molar refractivity (Wildman–Crippen MR) is 79.9 cm³/mol.